The molecular weight excluding hydrogens is 188 g/mol. The molecule has 0 aliphatic carbocycles. The highest BCUT2D eigenvalue weighted by Crippen LogP contribution is 2.17. The van der Waals surface area contributed by atoms with Crippen LogP contribution < -0.4 is 0 Å². The van der Waals surface area contributed by atoms with Gasteiger partial charge < -0.3 is 0 Å². The number of hydrogen-bond donors (Lipinski definition) is 0. The van der Waals surface area contributed by atoms with Gasteiger partial charge in [-0.15, -0.1) is 0 Å². The second kappa shape index (κ2) is 2.85. The summed E-state index contributed by atoms with van der Waals surface area (Å²) in [5, 5.41) is 4.40. The first-order chi connectivity index (χ1) is 6.20. The van der Waals surface area contributed by atoms with E-state index in [0.717, 1.165) is 16.6 Å². The third-order valence-electron chi connectivity index (χ3n) is 1.94. The van der Waals surface area contributed by atoms with Crippen molar-refractivity contribution in [3.05, 3.63) is 30.0 Å². The van der Waals surface area contributed by atoms with Crippen molar-refractivity contribution in [1.82, 2.24) is 9.78 Å². The van der Waals surface area contributed by atoms with E-state index >= 15 is 0 Å². The van der Waals surface area contributed by atoms with Gasteiger partial charge in [0.1, 0.15) is 0 Å². The smallest absolute Gasteiger partial charge is 0.253 e. The molecule has 0 amide bonds. The molecular formula is C9H7ClN2O. The largest absolute Gasteiger partial charge is 0.341 e. The molecule has 0 atom stereocenters. The number of carbonyl (C=O) groups is 1. The molecule has 66 valence electrons. The molecule has 2 rings (SSSR count). The predicted octanol–water partition coefficient (Wildman–Crippen LogP) is 2.55. The van der Waals surface area contributed by atoms with Gasteiger partial charge in [0.15, 0.2) is 0 Å². The Hall–Kier alpha value is -1.35. The normalized spacial score (nSPS) is 10.6. The van der Waals surface area contributed by atoms with Crippen molar-refractivity contribution in [1.29, 1.82) is 0 Å². The summed E-state index contributed by atoms with van der Waals surface area (Å²) < 4.78 is 1.20. The van der Waals surface area contributed by atoms with E-state index < -0.39 is 5.37 Å². The van der Waals surface area contributed by atoms with E-state index in [1.807, 2.05) is 31.2 Å². The molecule has 2 aromatic rings. The molecule has 0 bridgehead atoms. The lowest BCUT2D eigenvalue weighted by atomic mass is 10.2. The Morgan fingerprint density at radius 2 is 2.15 bits per heavy atom. The molecule has 0 unspecified atom stereocenters. The van der Waals surface area contributed by atoms with Gasteiger partial charge in [-0.25, -0.2) is 0 Å². The average molecular weight is 195 g/mol. The first kappa shape index (κ1) is 8.26. The fourth-order valence-electron chi connectivity index (χ4n) is 1.36. The lowest BCUT2D eigenvalue weighted by molar-refractivity contribution is 0.259. The second-order valence-electron chi connectivity index (χ2n) is 2.77. The van der Waals surface area contributed by atoms with Gasteiger partial charge in [-0.3, -0.25) is 4.79 Å². The molecule has 0 spiro atoms. The third-order valence-corrected chi connectivity index (χ3v) is 2.10. The van der Waals surface area contributed by atoms with Gasteiger partial charge in [-0.05, 0) is 24.6 Å². The minimum Gasteiger partial charge on any atom is -0.253 e. The first-order valence-electron chi connectivity index (χ1n) is 3.84. The van der Waals surface area contributed by atoms with Gasteiger partial charge in [0, 0.05) is 5.39 Å². The molecule has 3 nitrogen and oxygen atoms in total. The van der Waals surface area contributed by atoms with Crippen LogP contribution in [0.5, 0.6) is 0 Å². The summed E-state index contributed by atoms with van der Waals surface area (Å²) in [6.45, 7) is 1.85. The minimum atomic E-state index is -0.579. The van der Waals surface area contributed by atoms with Crippen LogP contribution in [0, 0.1) is 6.92 Å². The number of fused-ring (bicyclic) bond motifs is 1. The highest BCUT2D eigenvalue weighted by Gasteiger charge is 2.09. The Labute approximate surface area is 79.9 Å². The molecule has 1 aromatic carbocycles. The number of nitrogens with zero attached hydrogens (tertiary/aromatic N) is 2. The van der Waals surface area contributed by atoms with Crippen molar-refractivity contribution in [2.75, 3.05) is 0 Å². The Morgan fingerprint density at radius 1 is 1.46 bits per heavy atom. The molecule has 0 radical (unpaired) electrons. The molecule has 0 aliphatic rings. The molecule has 1 aromatic heterocycles. The molecule has 0 saturated heterocycles. The Bertz CT molecular complexity index is 475. The summed E-state index contributed by atoms with van der Waals surface area (Å²) in [7, 11) is 0. The van der Waals surface area contributed by atoms with Crippen molar-refractivity contribution in [2.45, 2.75) is 6.92 Å². The number of halogens is 1. The van der Waals surface area contributed by atoms with Gasteiger partial charge in [-0.1, -0.05) is 18.2 Å². The van der Waals surface area contributed by atoms with Crippen LogP contribution in [0.25, 0.3) is 10.9 Å². The molecule has 0 saturated carbocycles. The first-order valence-corrected chi connectivity index (χ1v) is 4.22. The molecule has 13 heavy (non-hydrogen) atoms. The SMILES string of the molecule is Cc1nn(C(=O)Cl)c2ccccc12. The standard InChI is InChI=1S/C9H7ClN2O/c1-6-7-4-2-3-5-8(7)12(11-6)9(10)13/h2-5H,1H3. The van der Waals surface area contributed by atoms with Gasteiger partial charge in [0.25, 0.3) is 0 Å². The van der Waals surface area contributed by atoms with E-state index in [4.69, 9.17) is 11.6 Å². The maximum atomic E-state index is 10.9. The summed E-state index contributed by atoms with van der Waals surface area (Å²) in [4.78, 5) is 10.9. The highest BCUT2D eigenvalue weighted by molar-refractivity contribution is 6.63. The number of aromatic nitrogens is 2. The Kier molecular flexibility index (Phi) is 1.81. The van der Waals surface area contributed by atoms with Crippen LogP contribution in [-0.2, 0) is 0 Å². The van der Waals surface area contributed by atoms with Gasteiger partial charge >= 0.3 is 5.37 Å². The second-order valence-corrected chi connectivity index (χ2v) is 3.09. The fourth-order valence-corrected chi connectivity index (χ4v) is 1.48. The summed E-state index contributed by atoms with van der Waals surface area (Å²) >= 11 is 5.36. The Morgan fingerprint density at radius 3 is 2.85 bits per heavy atom. The third kappa shape index (κ3) is 1.21. The zero-order valence-electron chi connectivity index (χ0n) is 6.99. The molecule has 0 aliphatic heterocycles. The predicted molar refractivity (Wildman–Crippen MR) is 51.1 cm³/mol. The van der Waals surface area contributed by atoms with Crippen LogP contribution in [0.15, 0.2) is 24.3 Å². The van der Waals surface area contributed by atoms with Crippen LogP contribution >= 0.6 is 11.6 Å². The zero-order valence-corrected chi connectivity index (χ0v) is 7.75. The van der Waals surface area contributed by atoms with Crippen LogP contribution in [0.2, 0.25) is 0 Å². The maximum Gasteiger partial charge on any atom is 0.341 e. The molecule has 4 heteroatoms. The van der Waals surface area contributed by atoms with Gasteiger partial charge in [0.2, 0.25) is 0 Å². The van der Waals surface area contributed by atoms with E-state index in [9.17, 15) is 4.79 Å². The summed E-state index contributed by atoms with van der Waals surface area (Å²) in [5.41, 5.74) is 1.56. The monoisotopic (exact) mass is 194 g/mol. The van der Waals surface area contributed by atoms with E-state index in [1.165, 1.54) is 4.68 Å². The van der Waals surface area contributed by atoms with Crippen molar-refractivity contribution in [3.63, 3.8) is 0 Å². The number of aryl methyl sites for hydroxylation is 1. The van der Waals surface area contributed by atoms with Crippen LogP contribution in [-0.4, -0.2) is 15.1 Å². The van der Waals surface area contributed by atoms with Crippen molar-refractivity contribution in [3.8, 4) is 0 Å². The summed E-state index contributed by atoms with van der Waals surface area (Å²) in [5.74, 6) is 0. The van der Waals surface area contributed by atoms with Crippen LogP contribution in [0.1, 0.15) is 5.69 Å². The average Bonchev–Trinajstić information content (AvgIpc) is 2.45. The van der Waals surface area contributed by atoms with E-state index in [2.05, 4.69) is 5.10 Å². The highest BCUT2D eigenvalue weighted by atomic mass is 35.5. The minimum absolute atomic E-state index is 0.579. The maximum absolute atomic E-state index is 10.9. The molecule has 0 fully saturated rings. The lowest BCUT2D eigenvalue weighted by Gasteiger charge is -1.92. The number of para-hydroxylation sites is 1. The van der Waals surface area contributed by atoms with Crippen molar-refractivity contribution in [2.24, 2.45) is 0 Å². The van der Waals surface area contributed by atoms with E-state index in [-0.39, 0.29) is 0 Å². The zero-order chi connectivity index (χ0) is 9.42. The van der Waals surface area contributed by atoms with E-state index in [0.29, 0.717) is 0 Å². The Balaban J connectivity index is 2.85. The molecule has 0 N–H and O–H groups in total. The van der Waals surface area contributed by atoms with Crippen LogP contribution in [0.4, 0.5) is 4.79 Å². The van der Waals surface area contributed by atoms with Gasteiger partial charge in [0.05, 0.1) is 11.2 Å². The summed E-state index contributed by atoms with van der Waals surface area (Å²) in [6, 6.07) is 7.48. The topological polar surface area (TPSA) is 34.9 Å². The number of hydrogen-bond acceptors (Lipinski definition) is 2. The van der Waals surface area contributed by atoms with Crippen molar-refractivity contribution >= 4 is 27.9 Å². The van der Waals surface area contributed by atoms with E-state index in [1.54, 1.807) is 0 Å². The number of benzene rings is 1. The van der Waals surface area contributed by atoms with Crippen LogP contribution in [0.3, 0.4) is 0 Å². The molecule has 1 heterocycles. The number of rotatable bonds is 0. The van der Waals surface area contributed by atoms with Crippen molar-refractivity contribution < 1.29 is 4.79 Å². The number of carbonyl (C=O) groups excluding carboxylic acids is 1. The quantitative estimate of drug-likeness (QED) is 0.604. The lowest BCUT2D eigenvalue weighted by Crippen LogP contribution is -2.03. The summed E-state index contributed by atoms with van der Waals surface area (Å²) in [6.07, 6.45) is 0. The fraction of sp³-hybridized carbons (Fsp3) is 0.111. The van der Waals surface area contributed by atoms with Gasteiger partial charge in [-0.2, -0.15) is 9.78 Å².